The van der Waals surface area contributed by atoms with E-state index >= 15 is 0 Å². The van der Waals surface area contributed by atoms with Gasteiger partial charge in [0.05, 0.1) is 18.9 Å². The van der Waals surface area contributed by atoms with Crippen LogP contribution in [0.15, 0.2) is 24.3 Å². The Kier molecular flexibility index (Phi) is 6.23. The fourth-order valence-corrected chi connectivity index (χ4v) is 3.75. The fourth-order valence-electron chi connectivity index (χ4n) is 2.71. The SMILES string of the molecule is COC[C@H](NC[C@@H]1CCN(S(C)(=O)=O)C1)c1ccc(Cl)cc1. The Hall–Kier alpha value is -0.660. The number of rotatable bonds is 7. The molecular weight excluding hydrogens is 324 g/mol. The van der Waals surface area contributed by atoms with Gasteiger partial charge in [0.1, 0.15) is 0 Å². The second kappa shape index (κ2) is 7.75. The summed E-state index contributed by atoms with van der Waals surface area (Å²) in [5, 5.41) is 4.19. The average molecular weight is 347 g/mol. The van der Waals surface area contributed by atoms with Crippen molar-refractivity contribution in [2.45, 2.75) is 12.5 Å². The summed E-state index contributed by atoms with van der Waals surface area (Å²) in [7, 11) is -1.40. The molecule has 1 heterocycles. The molecule has 0 bridgehead atoms. The van der Waals surface area contributed by atoms with Crippen molar-refractivity contribution in [3.63, 3.8) is 0 Å². The minimum absolute atomic E-state index is 0.0783. The number of ether oxygens (including phenoxy) is 1. The van der Waals surface area contributed by atoms with Gasteiger partial charge in [-0.05, 0) is 36.6 Å². The molecule has 0 aliphatic carbocycles. The summed E-state index contributed by atoms with van der Waals surface area (Å²) < 4.78 is 29.9. The molecule has 2 atom stereocenters. The zero-order valence-electron chi connectivity index (χ0n) is 13.0. The van der Waals surface area contributed by atoms with E-state index in [9.17, 15) is 8.42 Å². The van der Waals surface area contributed by atoms with Crippen LogP contribution in [-0.4, -0.2) is 52.3 Å². The van der Waals surface area contributed by atoms with Gasteiger partial charge >= 0.3 is 0 Å². The van der Waals surface area contributed by atoms with Gasteiger partial charge in [0, 0.05) is 25.2 Å². The molecule has 0 saturated carbocycles. The van der Waals surface area contributed by atoms with Crippen LogP contribution in [-0.2, 0) is 14.8 Å². The Morgan fingerprint density at radius 2 is 2.09 bits per heavy atom. The van der Waals surface area contributed by atoms with Crippen LogP contribution in [0.25, 0.3) is 0 Å². The van der Waals surface area contributed by atoms with Crippen molar-refractivity contribution in [1.29, 1.82) is 0 Å². The van der Waals surface area contributed by atoms with E-state index < -0.39 is 10.0 Å². The highest BCUT2D eigenvalue weighted by Gasteiger charge is 2.28. The molecule has 5 nitrogen and oxygen atoms in total. The first-order valence-electron chi connectivity index (χ1n) is 7.33. The van der Waals surface area contributed by atoms with Gasteiger partial charge in [0.2, 0.25) is 10.0 Å². The third kappa shape index (κ3) is 4.93. The van der Waals surface area contributed by atoms with Crippen LogP contribution in [0.2, 0.25) is 5.02 Å². The van der Waals surface area contributed by atoms with Crippen LogP contribution in [0.1, 0.15) is 18.0 Å². The lowest BCUT2D eigenvalue weighted by molar-refractivity contribution is 0.164. The maximum Gasteiger partial charge on any atom is 0.211 e. The van der Waals surface area contributed by atoms with Gasteiger partial charge in [0.25, 0.3) is 0 Å². The molecule has 0 unspecified atom stereocenters. The van der Waals surface area contributed by atoms with Crippen LogP contribution in [0.5, 0.6) is 0 Å². The molecule has 1 aromatic rings. The summed E-state index contributed by atoms with van der Waals surface area (Å²) in [5.41, 5.74) is 1.12. The maximum absolute atomic E-state index is 11.5. The number of nitrogens with zero attached hydrogens (tertiary/aromatic N) is 1. The van der Waals surface area contributed by atoms with Crippen molar-refractivity contribution in [1.82, 2.24) is 9.62 Å². The topological polar surface area (TPSA) is 58.6 Å². The fraction of sp³-hybridized carbons (Fsp3) is 0.600. The molecule has 0 spiro atoms. The molecule has 1 saturated heterocycles. The van der Waals surface area contributed by atoms with Crippen molar-refractivity contribution in [3.05, 3.63) is 34.9 Å². The third-order valence-corrected chi connectivity index (χ3v) is 5.50. The van der Waals surface area contributed by atoms with E-state index in [1.807, 2.05) is 24.3 Å². The van der Waals surface area contributed by atoms with Gasteiger partial charge < -0.3 is 10.1 Å². The summed E-state index contributed by atoms with van der Waals surface area (Å²) in [6, 6.07) is 7.77. The minimum atomic E-state index is -3.07. The lowest BCUT2D eigenvalue weighted by Crippen LogP contribution is -2.33. The summed E-state index contributed by atoms with van der Waals surface area (Å²) in [6.45, 7) is 2.53. The molecule has 1 aromatic carbocycles. The highest BCUT2D eigenvalue weighted by atomic mass is 35.5. The number of nitrogens with one attached hydrogen (secondary N) is 1. The van der Waals surface area contributed by atoms with Crippen LogP contribution in [0.4, 0.5) is 0 Å². The Balaban J connectivity index is 1.91. The first kappa shape index (κ1) is 17.7. The number of benzene rings is 1. The Labute approximate surface area is 137 Å². The van der Waals surface area contributed by atoms with E-state index in [1.54, 1.807) is 11.4 Å². The smallest absolute Gasteiger partial charge is 0.211 e. The summed E-state index contributed by atoms with van der Waals surface area (Å²) in [6.07, 6.45) is 2.16. The molecule has 2 rings (SSSR count). The Morgan fingerprint density at radius 1 is 1.41 bits per heavy atom. The largest absolute Gasteiger partial charge is 0.383 e. The van der Waals surface area contributed by atoms with Crippen molar-refractivity contribution in [3.8, 4) is 0 Å². The predicted octanol–water partition coefficient (Wildman–Crippen LogP) is 1.90. The monoisotopic (exact) mass is 346 g/mol. The number of hydrogen-bond acceptors (Lipinski definition) is 4. The standard InChI is InChI=1S/C15H23ClN2O3S/c1-21-11-15(13-3-5-14(16)6-4-13)17-9-12-7-8-18(10-12)22(2,19)20/h3-6,12,15,17H,7-11H2,1-2H3/t12-,15-/m0/s1. The normalized spacial score (nSPS) is 21.1. The molecule has 124 valence electrons. The molecule has 1 aliphatic rings. The number of halogens is 1. The van der Waals surface area contributed by atoms with E-state index in [1.165, 1.54) is 6.26 Å². The van der Waals surface area contributed by atoms with Crippen LogP contribution in [0.3, 0.4) is 0 Å². The van der Waals surface area contributed by atoms with Gasteiger partial charge in [-0.3, -0.25) is 0 Å². The minimum Gasteiger partial charge on any atom is -0.383 e. The van der Waals surface area contributed by atoms with Crippen molar-refractivity contribution >= 4 is 21.6 Å². The number of sulfonamides is 1. The van der Waals surface area contributed by atoms with Gasteiger partial charge in [-0.25, -0.2) is 12.7 Å². The zero-order valence-corrected chi connectivity index (χ0v) is 14.5. The lowest BCUT2D eigenvalue weighted by Gasteiger charge is -2.21. The van der Waals surface area contributed by atoms with Crippen molar-refractivity contribution < 1.29 is 13.2 Å². The quantitative estimate of drug-likeness (QED) is 0.819. The number of methoxy groups -OCH3 is 1. The highest BCUT2D eigenvalue weighted by Crippen LogP contribution is 2.21. The average Bonchev–Trinajstić information content (AvgIpc) is 2.93. The summed E-state index contributed by atoms with van der Waals surface area (Å²) in [4.78, 5) is 0. The van der Waals surface area contributed by atoms with Crippen molar-refractivity contribution in [2.24, 2.45) is 5.92 Å². The summed E-state index contributed by atoms with van der Waals surface area (Å²) in [5.74, 6) is 0.335. The van der Waals surface area contributed by atoms with Gasteiger partial charge in [-0.2, -0.15) is 0 Å². The van der Waals surface area contributed by atoms with Gasteiger partial charge in [-0.1, -0.05) is 23.7 Å². The molecule has 0 amide bonds. The maximum atomic E-state index is 11.5. The second-order valence-electron chi connectivity index (χ2n) is 5.74. The van der Waals surface area contributed by atoms with Crippen LogP contribution in [0, 0.1) is 5.92 Å². The van der Waals surface area contributed by atoms with E-state index in [0.717, 1.165) is 18.5 Å². The van der Waals surface area contributed by atoms with Crippen molar-refractivity contribution in [2.75, 3.05) is 39.6 Å². The van der Waals surface area contributed by atoms with Gasteiger partial charge in [-0.15, -0.1) is 0 Å². The third-order valence-electron chi connectivity index (χ3n) is 3.98. The van der Waals surface area contributed by atoms with Crippen LogP contribution >= 0.6 is 11.6 Å². The molecule has 7 heteroatoms. The zero-order chi connectivity index (χ0) is 16.2. The molecule has 1 fully saturated rings. The van der Waals surface area contributed by atoms with E-state index in [4.69, 9.17) is 16.3 Å². The van der Waals surface area contributed by atoms with Crippen LogP contribution < -0.4 is 5.32 Å². The van der Waals surface area contributed by atoms with Gasteiger partial charge in [0.15, 0.2) is 0 Å². The number of hydrogen-bond donors (Lipinski definition) is 1. The first-order chi connectivity index (χ1) is 10.4. The second-order valence-corrected chi connectivity index (χ2v) is 8.16. The molecular formula is C15H23ClN2O3S. The predicted molar refractivity (Wildman–Crippen MR) is 88.6 cm³/mol. The molecule has 0 radical (unpaired) electrons. The molecule has 22 heavy (non-hydrogen) atoms. The lowest BCUT2D eigenvalue weighted by atomic mass is 10.1. The van der Waals surface area contributed by atoms with E-state index in [0.29, 0.717) is 30.6 Å². The van der Waals surface area contributed by atoms with E-state index in [-0.39, 0.29) is 6.04 Å². The highest BCUT2D eigenvalue weighted by molar-refractivity contribution is 7.88. The van der Waals surface area contributed by atoms with E-state index in [2.05, 4.69) is 5.32 Å². The molecule has 0 aromatic heterocycles. The molecule has 1 N–H and O–H groups in total. The Morgan fingerprint density at radius 3 is 2.64 bits per heavy atom. The Bertz CT molecular complexity index is 577. The first-order valence-corrected chi connectivity index (χ1v) is 9.55. The summed E-state index contributed by atoms with van der Waals surface area (Å²) >= 11 is 5.92. The molecule has 1 aliphatic heterocycles.